The molecule has 1 heterocycles. The van der Waals surface area contributed by atoms with Crippen LogP contribution in [-0.2, 0) is 6.18 Å². The molecule has 0 atom stereocenters. The van der Waals surface area contributed by atoms with E-state index in [9.17, 15) is 13.2 Å². The van der Waals surface area contributed by atoms with Crippen LogP contribution in [0.15, 0.2) is 19.9 Å². The molecule has 2 nitrogen and oxygen atoms in total. The number of alkyl halides is 3. The summed E-state index contributed by atoms with van der Waals surface area (Å²) in [4.78, 5) is 8.02. The molecule has 0 radical (unpaired) electrons. The Kier molecular flexibility index (Phi) is 4.25. The molecule has 0 aliphatic rings. The minimum atomic E-state index is -4.43. The van der Waals surface area contributed by atoms with E-state index in [0.717, 1.165) is 6.07 Å². The molecule has 0 N–H and O–H groups in total. The van der Waals surface area contributed by atoms with Crippen LogP contribution in [0.25, 0.3) is 10.9 Å². The molecule has 96 valence electrons. The number of rotatable bonds is 0. The van der Waals surface area contributed by atoms with Gasteiger partial charge in [0.1, 0.15) is 4.60 Å². The van der Waals surface area contributed by atoms with E-state index in [2.05, 4.69) is 57.8 Å². The first kappa shape index (κ1) is 14.9. The molecule has 0 saturated heterocycles. The zero-order chi connectivity index (χ0) is 13.7. The van der Waals surface area contributed by atoms with Gasteiger partial charge in [-0.25, -0.2) is 9.97 Å². The first-order valence-electron chi connectivity index (χ1n) is 4.29. The fourth-order valence-corrected chi connectivity index (χ4v) is 3.64. The van der Waals surface area contributed by atoms with Crippen LogP contribution in [0.3, 0.4) is 0 Å². The summed E-state index contributed by atoms with van der Waals surface area (Å²) in [6.45, 7) is 0. The van der Waals surface area contributed by atoms with E-state index >= 15 is 0 Å². The van der Waals surface area contributed by atoms with Gasteiger partial charge in [-0.3, -0.25) is 0 Å². The van der Waals surface area contributed by atoms with Crippen molar-refractivity contribution in [2.45, 2.75) is 6.18 Å². The van der Waals surface area contributed by atoms with Crippen molar-refractivity contribution < 1.29 is 13.2 Å². The Morgan fingerprint density at radius 1 is 1.11 bits per heavy atom. The predicted octanol–water partition coefficient (Wildman–Crippen LogP) is 5.54. The molecular weight excluding hydrogens is 560 g/mol. The van der Waals surface area contributed by atoms with E-state index < -0.39 is 11.7 Å². The van der Waals surface area contributed by atoms with Crippen molar-refractivity contribution in [2.24, 2.45) is 0 Å². The van der Waals surface area contributed by atoms with Crippen LogP contribution in [0.2, 0.25) is 0 Å². The van der Waals surface area contributed by atoms with E-state index in [-0.39, 0.29) is 4.47 Å². The van der Waals surface area contributed by atoms with Crippen molar-refractivity contribution in [3.63, 3.8) is 0 Å². The second kappa shape index (κ2) is 5.13. The second-order valence-corrected chi connectivity index (χ2v) is 6.56. The Morgan fingerprint density at radius 2 is 1.72 bits per heavy atom. The molecule has 1 aromatic carbocycles. The highest BCUT2D eigenvalue weighted by Gasteiger charge is 2.35. The van der Waals surface area contributed by atoms with Crippen molar-refractivity contribution >= 4 is 81.3 Å². The topological polar surface area (TPSA) is 25.8 Å². The van der Waals surface area contributed by atoms with Gasteiger partial charge in [-0.05, 0) is 76.4 Å². The standard InChI is InChI=1S/C9HBr3F3IN2/c10-4-3(9(13,14)15)1-2-6(5(4)16)17-8(12)18-7(2)11/h1H. The first-order chi connectivity index (χ1) is 8.21. The molecule has 2 rings (SSSR count). The zero-order valence-corrected chi connectivity index (χ0v) is 15.0. The van der Waals surface area contributed by atoms with Gasteiger partial charge in [-0.1, -0.05) is 0 Å². The third-order valence-corrected chi connectivity index (χ3v) is 5.68. The number of fused-ring (bicyclic) bond motifs is 1. The van der Waals surface area contributed by atoms with E-state index in [0.29, 0.717) is 23.8 Å². The summed E-state index contributed by atoms with van der Waals surface area (Å²) in [5.41, 5.74) is -0.296. The average molecular weight is 561 g/mol. The van der Waals surface area contributed by atoms with Gasteiger partial charge >= 0.3 is 6.18 Å². The van der Waals surface area contributed by atoms with Crippen molar-refractivity contribution in [3.05, 3.63) is 29.0 Å². The monoisotopic (exact) mass is 558 g/mol. The summed E-state index contributed by atoms with van der Waals surface area (Å²) in [5, 5.41) is 0.318. The van der Waals surface area contributed by atoms with E-state index in [1.165, 1.54) is 0 Å². The Bertz CT molecular complexity index is 645. The van der Waals surface area contributed by atoms with Crippen molar-refractivity contribution in [3.8, 4) is 0 Å². The largest absolute Gasteiger partial charge is 0.417 e. The smallest absolute Gasteiger partial charge is 0.221 e. The highest BCUT2D eigenvalue weighted by atomic mass is 127. The fraction of sp³-hybridized carbons (Fsp3) is 0.111. The minimum absolute atomic E-state index is 0.0133. The lowest BCUT2D eigenvalue weighted by Crippen LogP contribution is -2.08. The van der Waals surface area contributed by atoms with Crippen LogP contribution in [0.1, 0.15) is 5.56 Å². The summed E-state index contributed by atoms with van der Waals surface area (Å²) >= 11 is 11.0. The molecule has 9 heteroatoms. The van der Waals surface area contributed by atoms with E-state index in [4.69, 9.17) is 0 Å². The normalized spacial score (nSPS) is 12.2. The van der Waals surface area contributed by atoms with Crippen LogP contribution in [-0.4, -0.2) is 9.97 Å². The number of halogens is 7. The molecular formula is C9HBr3F3IN2. The number of benzene rings is 1. The van der Waals surface area contributed by atoms with Crippen molar-refractivity contribution in [2.75, 3.05) is 0 Å². The van der Waals surface area contributed by atoms with Crippen LogP contribution in [0, 0.1) is 3.57 Å². The van der Waals surface area contributed by atoms with Gasteiger partial charge in [0.25, 0.3) is 0 Å². The van der Waals surface area contributed by atoms with Crippen LogP contribution in [0.5, 0.6) is 0 Å². The summed E-state index contributed by atoms with van der Waals surface area (Å²) in [6.07, 6.45) is -4.43. The van der Waals surface area contributed by atoms with Crippen molar-refractivity contribution in [1.82, 2.24) is 9.97 Å². The summed E-state index contributed by atoms with van der Waals surface area (Å²) < 4.78 is 39.6. The lowest BCUT2D eigenvalue weighted by Gasteiger charge is -2.13. The quantitative estimate of drug-likeness (QED) is 0.240. The Hall–Kier alpha value is 0.520. The Balaban J connectivity index is 2.93. The highest BCUT2D eigenvalue weighted by Crippen LogP contribution is 2.41. The molecule has 0 spiro atoms. The third-order valence-electron chi connectivity index (χ3n) is 2.10. The van der Waals surface area contributed by atoms with Gasteiger partial charge in [-0.15, -0.1) is 0 Å². The van der Waals surface area contributed by atoms with Gasteiger partial charge in [0.2, 0.25) is 0 Å². The highest BCUT2D eigenvalue weighted by molar-refractivity contribution is 14.1. The molecule has 0 unspecified atom stereocenters. The molecule has 0 aliphatic carbocycles. The second-order valence-electron chi connectivity index (χ2n) is 3.23. The number of nitrogens with zero attached hydrogens (tertiary/aromatic N) is 2. The van der Waals surface area contributed by atoms with Gasteiger partial charge in [-0.2, -0.15) is 13.2 Å². The van der Waals surface area contributed by atoms with Gasteiger partial charge in [0, 0.05) is 9.86 Å². The predicted molar refractivity (Wildman–Crippen MR) is 80.4 cm³/mol. The zero-order valence-electron chi connectivity index (χ0n) is 8.12. The van der Waals surface area contributed by atoms with E-state index in [1.54, 1.807) is 0 Å². The number of hydrogen-bond donors (Lipinski definition) is 0. The van der Waals surface area contributed by atoms with Crippen LogP contribution >= 0.6 is 70.4 Å². The Morgan fingerprint density at radius 3 is 2.28 bits per heavy atom. The SMILES string of the molecule is FC(F)(F)c1cc2c(Br)nc(Br)nc2c(I)c1Br. The summed E-state index contributed by atoms with van der Waals surface area (Å²) in [6, 6.07) is 1.03. The number of hydrogen-bond acceptors (Lipinski definition) is 2. The first-order valence-corrected chi connectivity index (χ1v) is 7.75. The lowest BCUT2D eigenvalue weighted by atomic mass is 10.1. The Labute approximate surface area is 138 Å². The van der Waals surface area contributed by atoms with Gasteiger partial charge < -0.3 is 0 Å². The van der Waals surface area contributed by atoms with Gasteiger partial charge in [0.15, 0.2) is 4.73 Å². The molecule has 0 fully saturated rings. The summed E-state index contributed by atoms with van der Waals surface area (Å²) in [7, 11) is 0. The molecule has 0 bridgehead atoms. The average Bonchev–Trinajstić information content (AvgIpc) is 2.22. The molecule has 18 heavy (non-hydrogen) atoms. The van der Waals surface area contributed by atoms with Gasteiger partial charge in [0.05, 0.1) is 14.7 Å². The molecule has 0 aliphatic heterocycles. The minimum Gasteiger partial charge on any atom is -0.221 e. The molecule has 2 aromatic rings. The number of aromatic nitrogens is 2. The maximum Gasteiger partial charge on any atom is 0.417 e. The molecule has 0 saturated carbocycles. The maximum absolute atomic E-state index is 12.9. The third kappa shape index (κ3) is 2.68. The maximum atomic E-state index is 12.9. The van der Waals surface area contributed by atoms with Crippen molar-refractivity contribution in [1.29, 1.82) is 0 Å². The summed E-state index contributed by atoms with van der Waals surface area (Å²) in [5.74, 6) is 0. The lowest BCUT2D eigenvalue weighted by molar-refractivity contribution is -0.138. The van der Waals surface area contributed by atoms with Crippen LogP contribution < -0.4 is 0 Å². The fourth-order valence-electron chi connectivity index (χ4n) is 1.35. The van der Waals surface area contributed by atoms with Crippen LogP contribution in [0.4, 0.5) is 13.2 Å². The van der Waals surface area contributed by atoms with E-state index in [1.807, 2.05) is 22.6 Å². The molecule has 1 aromatic heterocycles. The molecule has 0 amide bonds.